The van der Waals surface area contributed by atoms with Gasteiger partial charge in [-0.05, 0) is 48.9 Å². The molecular weight excluding hydrogens is 390 g/mol. The number of esters is 1. The molecule has 0 saturated carbocycles. The van der Waals surface area contributed by atoms with Crippen molar-refractivity contribution in [3.63, 3.8) is 0 Å². The summed E-state index contributed by atoms with van der Waals surface area (Å²) >= 11 is 8.91. The van der Waals surface area contributed by atoms with Crippen molar-refractivity contribution >= 4 is 51.6 Å². The minimum absolute atomic E-state index is 0.104. The lowest BCUT2D eigenvalue weighted by Gasteiger charge is -2.11. The van der Waals surface area contributed by atoms with Gasteiger partial charge in [0, 0.05) is 15.7 Å². The van der Waals surface area contributed by atoms with Crippen LogP contribution >= 0.6 is 34.7 Å². The maximum absolute atomic E-state index is 12.3. The zero-order valence-corrected chi connectivity index (χ0v) is 16.9. The third kappa shape index (κ3) is 4.61. The Morgan fingerprint density at radius 1 is 1.23 bits per heavy atom. The maximum atomic E-state index is 12.3. The van der Waals surface area contributed by atoms with E-state index in [-0.39, 0.29) is 11.9 Å². The Kier molecular flexibility index (Phi) is 6.62. The van der Waals surface area contributed by atoms with Gasteiger partial charge in [0.25, 0.3) is 0 Å². The summed E-state index contributed by atoms with van der Waals surface area (Å²) in [6.45, 7) is 0. The van der Waals surface area contributed by atoms with Crippen LogP contribution in [-0.4, -0.2) is 24.7 Å². The molecule has 0 fully saturated rings. The van der Waals surface area contributed by atoms with Gasteiger partial charge in [-0.2, -0.15) is 0 Å². The molecule has 0 bridgehead atoms. The highest BCUT2D eigenvalue weighted by Gasteiger charge is 2.26. The predicted molar refractivity (Wildman–Crippen MR) is 109 cm³/mol. The Bertz CT molecular complexity index is 802. The summed E-state index contributed by atoms with van der Waals surface area (Å²) in [6.07, 6.45) is 4.03. The molecule has 1 aromatic carbocycles. The largest absolute Gasteiger partial charge is 0.465 e. The van der Waals surface area contributed by atoms with E-state index in [9.17, 15) is 9.59 Å². The van der Waals surface area contributed by atoms with Gasteiger partial charge in [-0.3, -0.25) is 4.79 Å². The molecular formula is C19H20ClNO3S2. The molecule has 4 nitrogen and oxygen atoms in total. The minimum atomic E-state index is -0.367. The van der Waals surface area contributed by atoms with Crippen molar-refractivity contribution in [1.29, 1.82) is 0 Å². The first-order valence-corrected chi connectivity index (χ1v) is 10.8. The molecule has 2 aromatic rings. The summed E-state index contributed by atoms with van der Waals surface area (Å²) in [4.78, 5) is 25.7. The summed E-state index contributed by atoms with van der Waals surface area (Å²) in [5.41, 5.74) is 2.72. The number of nitrogens with one attached hydrogen (secondary N) is 1. The van der Waals surface area contributed by atoms with Crippen LogP contribution < -0.4 is 5.32 Å². The summed E-state index contributed by atoms with van der Waals surface area (Å²) in [7, 11) is 1.38. The molecule has 1 amide bonds. The number of ether oxygens (including phenoxy) is 1. The van der Waals surface area contributed by atoms with Gasteiger partial charge < -0.3 is 10.1 Å². The second kappa shape index (κ2) is 8.93. The maximum Gasteiger partial charge on any atom is 0.341 e. The monoisotopic (exact) mass is 409 g/mol. The minimum Gasteiger partial charge on any atom is -0.465 e. The van der Waals surface area contributed by atoms with Crippen molar-refractivity contribution in [3.05, 3.63) is 50.9 Å². The topological polar surface area (TPSA) is 55.4 Å². The first-order chi connectivity index (χ1) is 12.6. The molecule has 3 rings (SSSR count). The summed E-state index contributed by atoms with van der Waals surface area (Å²) in [5.74, 6) is 0.586. The molecule has 0 aliphatic heterocycles. The summed E-state index contributed by atoms with van der Waals surface area (Å²) in [5, 5.41) is 4.24. The van der Waals surface area contributed by atoms with Gasteiger partial charge in [-0.1, -0.05) is 23.7 Å². The molecule has 0 atom stereocenters. The van der Waals surface area contributed by atoms with Crippen molar-refractivity contribution in [2.24, 2.45) is 0 Å². The van der Waals surface area contributed by atoms with E-state index < -0.39 is 0 Å². The van der Waals surface area contributed by atoms with Crippen LogP contribution in [0.5, 0.6) is 0 Å². The second-order valence-corrected chi connectivity index (χ2v) is 8.60. The number of aryl methyl sites for hydroxylation is 1. The molecule has 1 aliphatic rings. The zero-order chi connectivity index (χ0) is 18.5. The van der Waals surface area contributed by atoms with Gasteiger partial charge in [-0.25, -0.2) is 4.79 Å². The molecule has 1 N–H and O–H groups in total. The normalized spacial score (nSPS) is 13.2. The fourth-order valence-corrected chi connectivity index (χ4v) is 5.18. The lowest BCUT2D eigenvalue weighted by molar-refractivity contribution is -0.113. The fourth-order valence-electron chi connectivity index (χ4n) is 2.98. The summed E-state index contributed by atoms with van der Waals surface area (Å²) in [6, 6.07) is 7.60. The first-order valence-electron chi connectivity index (χ1n) is 8.43. The molecule has 1 aromatic heterocycles. The van der Waals surface area contributed by atoms with E-state index in [1.165, 1.54) is 35.1 Å². The number of rotatable bonds is 6. The number of fused-ring (bicyclic) bond motifs is 1. The van der Waals surface area contributed by atoms with Crippen LogP contribution in [0.3, 0.4) is 0 Å². The van der Waals surface area contributed by atoms with Crippen molar-refractivity contribution < 1.29 is 14.3 Å². The van der Waals surface area contributed by atoms with Crippen LogP contribution in [0.4, 0.5) is 5.00 Å². The number of carbonyl (C=O) groups excluding carboxylic acids is 2. The van der Waals surface area contributed by atoms with E-state index >= 15 is 0 Å². The molecule has 7 heteroatoms. The number of methoxy groups -OCH3 is 1. The number of carbonyl (C=O) groups is 2. The number of hydrogen-bond acceptors (Lipinski definition) is 5. The van der Waals surface area contributed by atoms with E-state index in [0.717, 1.165) is 42.6 Å². The smallest absolute Gasteiger partial charge is 0.341 e. The number of thioether (sulfide) groups is 1. The van der Waals surface area contributed by atoms with Crippen LogP contribution in [0.2, 0.25) is 5.02 Å². The Morgan fingerprint density at radius 3 is 2.69 bits per heavy atom. The summed E-state index contributed by atoms with van der Waals surface area (Å²) < 4.78 is 4.93. The van der Waals surface area contributed by atoms with E-state index in [0.29, 0.717) is 21.3 Å². The van der Waals surface area contributed by atoms with Crippen molar-refractivity contribution in [3.8, 4) is 0 Å². The van der Waals surface area contributed by atoms with Crippen molar-refractivity contribution in [2.75, 3.05) is 18.2 Å². The highest BCUT2D eigenvalue weighted by Crippen LogP contribution is 2.38. The van der Waals surface area contributed by atoms with Crippen LogP contribution in [0.25, 0.3) is 0 Å². The second-order valence-electron chi connectivity index (χ2n) is 6.07. The molecule has 1 aliphatic carbocycles. The number of hydrogen-bond donors (Lipinski definition) is 1. The van der Waals surface area contributed by atoms with E-state index in [1.807, 2.05) is 24.3 Å². The number of anilines is 1. The highest BCUT2D eigenvalue weighted by atomic mass is 35.5. The van der Waals surface area contributed by atoms with Gasteiger partial charge >= 0.3 is 5.97 Å². The number of benzene rings is 1. The van der Waals surface area contributed by atoms with Crippen LogP contribution in [0.1, 0.15) is 39.2 Å². The van der Waals surface area contributed by atoms with Gasteiger partial charge in [0.2, 0.25) is 5.91 Å². The van der Waals surface area contributed by atoms with Gasteiger partial charge in [0.05, 0.1) is 18.4 Å². The molecule has 0 unspecified atom stereocenters. The average Bonchev–Trinajstić information content (AvgIpc) is 3.00. The number of thiophene rings is 1. The van der Waals surface area contributed by atoms with Crippen LogP contribution in [0, 0.1) is 0 Å². The Balaban J connectivity index is 1.62. The van der Waals surface area contributed by atoms with Gasteiger partial charge in [0.15, 0.2) is 0 Å². The molecule has 0 spiro atoms. The molecule has 1 heterocycles. The zero-order valence-electron chi connectivity index (χ0n) is 14.5. The first kappa shape index (κ1) is 19.3. The van der Waals surface area contributed by atoms with Gasteiger partial charge in [0.1, 0.15) is 5.00 Å². The average molecular weight is 410 g/mol. The molecule has 138 valence electrons. The lowest BCUT2D eigenvalue weighted by Crippen LogP contribution is -2.16. The van der Waals surface area contributed by atoms with E-state index in [2.05, 4.69) is 5.32 Å². The highest BCUT2D eigenvalue weighted by molar-refractivity contribution is 7.99. The van der Waals surface area contributed by atoms with Crippen LogP contribution in [0.15, 0.2) is 24.3 Å². The molecule has 26 heavy (non-hydrogen) atoms. The third-order valence-electron chi connectivity index (χ3n) is 4.23. The third-order valence-corrected chi connectivity index (χ3v) is 6.69. The number of amides is 1. The predicted octanol–water partition coefficient (Wildman–Crippen LogP) is 4.94. The molecule has 0 radical (unpaired) electrons. The lowest BCUT2D eigenvalue weighted by atomic mass is 9.95. The Morgan fingerprint density at radius 2 is 1.96 bits per heavy atom. The van der Waals surface area contributed by atoms with Gasteiger partial charge in [-0.15, -0.1) is 23.1 Å². The molecule has 0 saturated heterocycles. The fraction of sp³-hybridized carbons (Fsp3) is 0.368. The SMILES string of the molecule is COC(=O)c1c(NC(=O)CSCc2ccc(Cl)cc2)sc2c1CCCC2. The van der Waals surface area contributed by atoms with Crippen LogP contribution in [-0.2, 0) is 28.1 Å². The quantitative estimate of drug-likeness (QED) is 0.686. The Labute approximate surface area is 166 Å². The Hall–Kier alpha value is -1.50. The van der Waals surface area contributed by atoms with E-state index in [4.69, 9.17) is 16.3 Å². The standard InChI is InChI=1S/C19H20ClNO3S2/c1-24-19(23)17-14-4-2-3-5-15(14)26-18(17)21-16(22)11-25-10-12-6-8-13(20)9-7-12/h6-9H,2-5,10-11H2,1H3,(H,21,22). The van der Waals surface area contributed by atoms with Crippen molar-refractivity contribution in [2.45, 2.75) is 31.4 Å². The van der Waals surface area contributed by atoms with Crippen molar-refractivity contribution in [1.82, 2.24) is 0 Å². The van der Waals surface area contributed by atoms with E-state index in [1.54, 1.807) is 0 Å². The number of halogens is 1.